The maximum Gasteiger partial charge on any atom is 0.270 e. The van der Waals surface area contributed by atoms with Gasteiger partial charge in [-0.2, -0.15) is 0 Å². The molecule has 35 heavy (non-hydrogen) atoms. The number of halogens is 1. The van der Waals surface area contributed by atoms with Gasteiger partial charge in [0.2, 0.25) is 0 Å². The first-order valence-corrected chi connectivity index (χ1v) is 11.7. The second-order valence-corrected chi connectivity index (χ2v) is 9.06. The minimum absolute atomic E-state index is 0.0246. The van der Waals surface area contributed by atoms with Gasteiger partial charge in [-0.25, -0.2) is 0 Å². The first-order valence-electron chi connectivity index (χ1n) is 11.3. The Labute approximate surface area is 206 Å². The van der Waals surface area contributed by atoms with Gasteiger partial charge in [-0.05, 0) is 36.8 Å². The quantitative estimate of drug-likeness (QED) is 0.211. The molecule has 0 aliphatic carbocycles. The number of amides is 1. The van der Waals surface area contributed by atoms with Crippen molar-refractivity contribution in [1.29, 1.82) is 0 Å². The van der Waals surface area contributed by atoms with E-state index in [9.17, 15) is 24.5 Å². The smallest absolute Gasteiger partial charge is 0.270 e. The number of rotatable bonds is 7. The Morgan fingerprint density at radius 1 is 1.03 bits per heavy atom. The van der Waals surface area contributed by atoms with Gasteiger partial charge in [0, 0.05) is 43.0 Å². The van der Waals surface area contributed by atoms with E-state index in [0.29, 0.717) is 19.0 Å². The lowest BCUT2D eigenvalue weighted by Crippen LogP contribution is -2.46. The normalized spacial score (nSPS) is 14.9. The van der Waals surface area contributed by atoms with Crippen molar-refractivity contribution < 1.29 is 14.5 Å². The number of hydrogen-bond donors (Lipinski definition) is 0. The number of nitrogens with zero attached hydrogens (tertiary/aromatic N) is 3. The molecule has 180 valence electrons. The fourth-order valence-electron chi connectivity index (χ4n) is 4.44. The number of Topliss-reactive ketones (excluding diaryl/α,β-unsaturated/α-hetero) is 1. The second kappa shape index (κ2) is 10.7. The van der Waals surface area contributed by atoms with Crippen LogP contribution in [0.15, 0.2) is 77.7 Å². The number of carbonyl (C=O) groups is 2. The number of piperidine rings is 1. The van der Waals surface area contributed by atoms with Gasteiger partial charge in [0.15, 0.2) is 11.8 Å². The van der Waals surface area contributed by atoms with Crippen LogP contribution in [0.2, 0.25) is 5.02 Å². The molecule has 0 radical (unpaired) electrons. The molecule has 1 amide bonds. The average molecular weight is 494 g/mol. The van der Waals surface area contributed by atoms with E-state index in [1.807, 2.05) is 18.2 Å². The molecule has 0 bridgehead atoms. The zero-order chi connectivity index (χ0) is 24.9. The predicted octanol–water partition coefficient (Wildman–Crippen LogP) is 4.32. The Hall–Kier alpha value is -3.78. The van der Waals surface area contributed by atoms with Crippen LogP contribution >= 0.6 is 11.6 Å². The number of likely N-dealkylation sites (tertiary alicyclic amines) is 1. The molecular weight excluding hydrogens is 470 g/mol. The topological polar surface area (TPSA) is 103 Å². The molecule has 1 aliphatic rings. The minimum atomic E-state index is -1.51. The van der Waals surface area contributed by atoms with Crippen LogP contribution in [0, 0.1) is 16.0 Å². The van der Waals surface area contributed by atoms with Crippen LogP contribution in [0.4, 0.5) is 5.69 Å². The van der Waals surface area contributed by atoms with Gasteiger partial charge in [-0.1, -0.05) is 54.1 Å². The predicted molar refractivity (Wildman–Crippen MR) is 132 cm³/mol. The van der Waals surface area contributed by atoms with Crippen LogP contribution in [-0.2, 0) is 11.2 Å². The molecule has 1 unspecified atom stereocenters. The van der Waals surface area contributed by atoms with Crippen LogP contribution < -0.4 is 5.56 Å². The summed E-state index contributed by atoms with van der Waals surface area (Å²) in [6, 6.07) is 16.4. The summed E-state index contributed by atoms with van der Waals surface area (Å²) in [5.74, 6) is -0.820. The van der Waals surface area contributed by atoms with E-state index in [1.165, 1.54) is 42.1 Å². The van der Waals surface area contributed by atoms with Crippen LogP contribution in [0.1, 0.15) is 34.8 Å². The van der Waals surface area contributed by atoms with Gasteiger partial charge in [0.25, 0.3) is 17.2 Å². The Morgan fingerprint density at radius 3 is 2.43 bits per heavy atom. The maximum atomic E-state index is 13.6. The molecule has 0 N–H and O–H groups in total. The third kappa shape index (κ3) is 5.66. The molecule has 0 spiro atoms. The van der Waals surface area contributed by atoms with Crippen molar-refractivity contribution >= 4 is 29.0 Å². The number of pyridine rings is 1. The Bertz CT molecular complexity index is 1300. The van der Waals surface area contributed by atoms with E-state index >= 15 is 0 Å². The molecule has 1 atom stereocenters. The SMILES string of the molecule is O=C(c1cccc([N+](=O)[O-])c1)C(C(=O)N1CCC(Cc2ccccc2)CC1)n1cc(Cl)ccc1=O. The van der Waals surface area contributed by atoms with Crippen LogP contribution in [-0.4, -0.2) is 39.2 Å². The Morgan fingerprint density at radius 2 is 1.74 bits per heavy atom. The number of hydrogen-bond acceptors (Lipinski definition) is 5. The lowest BCUT2D eigenvalue weighted by molar-refractivity contribution is -0.384. The van der Waals surface area contributed by atoms with Crippen LogP contribution in [0.5, 0.6) is 0 Å². The van der Waals surface area contributed by atoms with Crippen LogP contribution in [0.25, 0.3) is 0 Å². The highest BCUT2D eigenvalue weighted by Gasteiger charge is 2.36. The fraction of sp³-hybridized carbons (Fsp3) is 0.269. The number of carbonyl (C=O) groups excluding carboxylic acids is 2. The Balaban J connectivity index is 1.59. The van der Waals surface area contributed by atoms with Gasteiger partial charge in [-0.3, -0.25) is 29.1 Å². The number of non-ortho nitro benzene ring substituents is 1. The molecule has 3 aromatic rings. The molecule has 1 fully saturated rings. The molecule has 1 aromatic heterocycles. The standard InChI is InChI=1S/C26H24ClN3O5/c27-21-9-10-23(31)29(17-21)24(25(32)20-7-4-8-22(16-20)30(34)35)26(33)28-13-11-19(12-14-28)15-18-5-2-1-3-6-18/h1-10,16-17,19,24H,11-15H2. The molecule has 4 rings (SSSR count). The molecule has 8 nitrogen and oxygen atoms in total. The zero-order valence-corrected chi connectivity index (χ0v) is 19.6. The summed E-state index contributed by atoms with van der Waals surface area (Å²) in [6.45, 7) is 0.898. The first-order chi connectivity index (χ1) is 16.8. The molecule has 0 saturated carbocycles. The van der Waals surface area contributed by atoms with Crippen LogP contribution in [0.3, 0.4) is 0 Å². The van der Waals surface area contributed by atoms with E-state index in [1.54, 1.807) is 4.90 Å². The highest BCUT2D eigenvalue weighted by atomic mass is 35.5. The number of nitro groups is 1. The lowest BCUT2D eigenvalue weighted by Gasteiger charge is -2.34. The molecule has 1 saturated heterocycles. The van der Waals surface area contributed by atoms with Crippen molar-refractivity contribution in [3.63, 3.8) is 0 Å². The summed E-state index contributed by atoms with van der Waals surface area (Å²) in [5, 5.41) is 11.4. The number of ketones is 1. The summed E-state index contributed by atoms with van der Waals surface area (Å²) in [5.41, 5.74) is 0.373. The summed E-state index contributed by atoms with van der Waals surface area (Å²) in [6.07, 6.45) is 3.70. The highest BCUT2D eigenvalue weighted by molar-refractivity contribution is 6.30. The summed E-state index contributed by atoms with van der Waals surface area (Å²) >= 11 is 6.08. The maximum absolute atomic E-state index is 13.6. The summed E-state index contributed by atoms with van der Waals surface area (Å²) in [7, 11) is 0. The fourth-order valence-corrected chi connectivity index (χ4v) is 4.61. The minimum Gasteiger partial charge on any atom is -0.340 e. The van der Waals surface area contributed by atoms with E-state index in [0.717, 1.165) is 29.9 Å². The number of benzene rings is 2. The molecule has 2 heterocycles. The van der Waals surface area contributed by atoms with E-state index in [-0.39, 0.29) is 16.3 Å². The summed E-state index contributed by atoms with van der Waals surface area (Å²) in [4.78, 5) is 52.0. The average Bonchev–Trinajstić information content (AvgIpc) is 2.87. The van der Waals surface area contributed by atoms with Gasteiger partial charge in [0.1, 0.15) is 0 Å². The third-order valence-electron chi connectivity index (χ3n) is 6.30. The number of aromatic nitrogens is 1. The Kier molecular flexibility index (Phi) is 7.41. The number of nitro benzene ring substituents is 1. The van der Waals surface area contributed by atoms with Crippen molar-refractivity contribution in [1.82, 2.24) is 9.47 Å². The summed E-state index contributed by atoms with van der Waals surface area (Å²) < 4.78 is 1.02. The molecule has 9 heteroatoms. The lowest BCUT2D eigenvalue weighted by atomic mass is 9.89. The van der Waals surface area contributed by atoms with Crippen molar-refractivity contribution in [2.45, 2.75) is 25.3 Å². The van der Waals surface area contributed by atoms with Gasteiger partial charge in [-0.15, -0.1) is 0 Å². The monoisotopic (exact) mass is 493 g/mol. The highest BCUT2D eigenvalue weighted by Crippen LogP contribution is 2.26. The van der Waals surface area contributed by atoms with Crippen molar-refractivity contribution in [2.75, 3.05) is 13.1 Å². The van der Waals surface area contributed by atoms with Gasteiger partial charge < -0.3 is 4.90 Å². The van der Waals surface area contributed by atoms with E-state index in [2.05, 4.69) is 12.1 Å². The van der Waals surface area contributed by atoms with Crippen molar-refractivity contribution in [3.8, 4) is 0 Å². The molecule has 1 aliphatic heterocycles. The first kappa shape index (κ1) is 24.3. The second-order valence-electron chi connectivity index (χ2n) is 8.63. The van der Waals surface area contributed by atoms with E-state index in [4.69, 9.17) is 11.6 Å². The largest absolute Gasteiger partial charge is 0.340 e. The van der Waals surface area contributed by atoms with Gasteiger partial charge in [0.05, 0.1) is 9.95 Å². The van der Waals surface area contributed by atoms with E-state index < -0.39 is 28.2 Å². The third-order valence-corrected chi connectivity index (χ3v) is 6.52. The van der Waals surface area contributed by atoms with Crippen molar-refractivity contribution in [2.24, 2.45) is 5.92 Å². The molecule has 2 aromatic carbocycles. The molecular formula is C26H24ClN3O5. The van der Waals surface area contributed by atoms with Gasteiger partial charge >= 0.3 is 0 Å². The zero-order valence-electron chi connectivity index (χ0n) is 18.9. The van der Waals surface area contributed by atoms with Crippen molar-refractivity contribution in [3.05, 3.63) is 110 Å².